The molecule has 0 amide bonds. The lowest BCUT2D eigenvalue weighted by molar-refractivity contribution is 0.422. The van der Waals surface area contributed by atoms with Crippen LogP contribution in [0.25, 0.3) is 0 Å². The van der Waals surface area contributed by atoms with Crippen molar-refractivity contribution in [3.05, 3.63) is 24.0 Å². The molecule has 0 aliphatic heterocycles. The largest absolute Gasteiger partial charge is 0.365 e. The molecule has 74 valence electrons. The standard InChI is InChI=1S/C11H20N2/c1-11(2,3)13-9-5-7-10-6-4-8-12-10/h4,6,8,12-13H,5,7,9H2,1-3H3. The van der Waals surface area contributed by atoms with Gasteiger partial charge in [0.15, 0.2) is 0 Å². The zero-order valence-electron chi connectivity index (χ0n) is 8.85. The van der Waals surface area contributed by atoms with Crippen molar-refractivity contribution in [1.82, 2.24) is 10.3 Å². The molecule has 2 heteroatoms. The summed E-state index contributed by atoms with van der Waals surface area (Å²) < 4.78 is 0. The molecule has 0 unspecified atom stereocenters. The number of nitrogens with one attached hydrogen (secondary N) is 2. The van der Waals surface area contributed by atoms with Crippen LogP contribution < -0.4 is 5.32 Å². The second-order valence-electron chi connectivity index (χ2n) is 4.48. The molecule has 0 radical (unpaired) electrons. The van der Waals surface area contributed by atoms with E-state index in [2.05, 4.69) is 37.1 Å². The third-order valence-electron chi connectivity index (χ3n) is 1.94. The first-order chi connectivity index (χ1) is 6.08. The Labute approximate surface area is 80.7 Å². The average Bonchev–Trinajstić information content (AvgIpc) is 2.48. The van der Waals surface area contributed by atoms with Crippen LogP contribution in [0.3, 0.4) is 0 Å². The number of hydrogen-bond acceptors (Lipinski definition) is 1. The molecule has 1 aromatic heterocycles. The highest BCUT2D eigenvalue weighted by atomic mass is 14.9. The van der Waals surface area contributed by atoms with Gasteiger partial charge >= 0.3 is 0 Å². The monoisotopic (exact) mass is 180 g/mol. The molecule has 0 bridgehead atoms. The van der Waals surface area contributed by atoms with E-state index in [9.17, 15) is 0 Å². The molecule has 1 aromatic rings. The van der Waals surface area contributed by atoms with Crippen molar-refractivity contribution in [3.63, 3.8) is 0 Å². The van der Waals surface area contributed by atoms with Crippen LogP contribution in [0, 0.1) is 0 Å². The highest BCUT2D eigenvalue weighted by molar-refractivity contribution is 5.03. The Bertz CT molecular complexity index is 219. The van der Waals surface area contributed by atoms with Gasteiger partial charge in [-0.15, -0.1) is 0 Å². The molecule has 0 aromatic carbocycles. The van der Waals surface area contributed by atoms with Crippen molar-refractivity contribution in [2.24, 2.45) is 0 Å². The van der Waals surface area contributed by atoms with Crippen LogP contribution in [-0.2, 0) is 6.42 Å². The maximum Gasteiger partial charge on any atom is 0.0147 e. The maximum atomic E-state index is 3.47. The summed E-state index contributed by atoms with van der Waals surface area (Å²) in [5.41, 5.74) is 1.58. The van der Waals surface area contributed by atoms with Gasteiger partial charge < -0.3 is 10.3 Å². The van der Waals surface area contributed by atoms with Gasteiger partial charge in [-0.1, -0.05) is 0 Å². The molecule has 1 rings (SSSR count). The summed E-state index contributed by atoms with van der Waals surface area (Å²) in [6.07, 6.45) is 4.31. The van der Waals surface area contributed by atoms with Gasteiger partial charge in [0.25, 0.3) is 0 Å². The summed E-state index contributed by atoms with van der Waals surface area (Å²) in [5.74, 6) is 0. The number of H-pyrrole nitrogens is 1. The predicted molar refractivity (Wildman–Crippen MR) is 56.9 cm³/mol. The van der Waals surface area contributed by atoms with Crippen molar-refractivity contribution in [2.45, 2.75) is 39.2 Å². The number of aromatic amines is 1. The lowest BCUT2D eigenvalue weighted by atomic mass is 10.1. The Morgan fingerprint density at radius 1 is 1.38 bits per heavy atom. The molecule has 0 aliphatic rings. The molecule has 0 spiro atoms. The summed E-state index contributed by atoms with van der Waals surface area (Å²) in [7, 11) is 0. The summed E-state index contributed by atoms with van der Waals surface area (Å²) in [6, 6.07) is 4.18. The van der Waals surface area contributed by atoms with Gasteiger partial charge in [-0.3, -0.25) is 0 Å². The molecule has 0 saturated heterocycles. The average molecular weight is 180 g/mol. The fourth-order valence-corrected chi connectivity index (χ4v) is 1.27. The SMILES string of the molecule is CC(C)(C)NCCCc1ccc[nH]1. The third-order valence-corrected chi connectivity index (χ3v) is 1.94. The molecule has 2 nitrogen and oxygen atoms in total. The molecule has 0 atom stereocenters. The zero-order chi connectivity index (χ0) is 9.73. The van der Waals surface area contributed by atoms with Gasteiger partial charge in [-0.25, -0.2) is 0 Å². The molecular formula is C11H20N2. The van der Waals surface area contributed by atoms with E-state index in [0.29, 0.717) is 0 Å². The number of rotatable bonds is 4. The summed E-state index contributed by atoms with van der Waals surface area (Å²) >= 11 is 0. The van der Waals surface area contributed by atoms with E-state index < -0.39 is 0 Å². The first kappa shape index (κ1) is 10.3. The summed E-state index contributed by atoms with van der Waals surface area (Å²) in [5, 5.41) is 3.47. The molecule has 1 heterocycles. The Morgan fingerprint density at radius 2 is 2.15 bits per heavy atom. The van der Waals surface area contributed by atoms with Crippen molar-refractivity contribution < 1.29 is 0 Å². The van der Waals surface area contributed by atoms with E-state index >= 15 is 0 Å². The minimum absolute atomic E-state index is 0.246. The van der Waals surface area contributed by atoms with E-state index in [1.165, 1.54) is 12.1 Å². The highest BCUT2D eigenvalue weighted by Gasteiger charge is 2.06. The Balaban J connectivity index is 2.09. The highest BCUT2D eigenvalue weighted by Crippen LogP contribution is 2.01. The van der Waals surface area contributed by atoms with E-state index in [-0.39, 0.29) is 5.54 Å². The first-order valence-corrected chi connectivity index (χ1v) is 4.95. The quantitative estimate of drug-likeness (QED) is 0.684. The fraction of sp³-hybridized carbons (Fsp3) is 0.636. The van der Waals surface area contributed by atoms with Crippen LogP contribution >= 0.6 is 0 Å². The maximum absolute atomic E-state index is 3.47. The lowest BCUT2D eigenvalue weighted by Crippen LogP contribution is -2.36. The second-order valence-corrected chi connectivity index (χ2v) is 4.48. The number of aromatic nitrogens is 1. The smallest absolute Gasteiger partial charge is 0.0147 e. The fourth-order valence-electron chi connectivity index (χ4n) is 1.27. The molecule has 0 aliphatic carbocycles. The summed E-state index contributed by atoms with van der Waals surface area (Å²) in [4.78, 5) is 3.21. The molecule has 2 N–H and O–H groups in total. The molecule has 0 fully saturated rings. The van der Waals surface area contributed by atoms with Gasteiger partial charge in [-0.05, 0) is 52.3 Å². The van der Waals surface area contributed by atoms with E-state index in [1.54, 1.807) is 0 Å². The Hall–Kier alpha value is -0.760. The molecular weight excluding hydrogens is 160 g/mol. The van der Waals surface area contributed by atoms with E-state index in [1.807, 2.05) is 12.3 Å². The Kier molecular flexibility index (Phi) is 3.55. The van der Waals surface area contributed by atoms with Crippen LogP contribution in [0.2, 0.25) is 0 Å². The minimum atomic E-state index is 0.246. The molecule has 13 heavy (non-hydrogen) atoms. The van der Waals surface area contributed by atoms with Crippen molar-refractivity contribution in [2.75, 3.05) is 6.54 Å². The van der Waals surface area contributed by atoms with Gasteiger partial charge in [0.2, 0.25) is 0 Å². The van der Waals surface area contributed by atoms with Gasteiger partial charge in [0.1, 0.15) is 0 Å². The van der Waals surface area contributed by atoms with Gasteiger partial charge in [0, 0.05) is 17.4 Å². The van der Waals surface area contributed by atoms with Gasteiger partial charge in [-0.2, -0.15) is 0 Å². The second kappa shape index (κ2) is 4.47. The molecule has 0 saturated carbocycles. The van der Waals surface area contributed by atoms with Crippen LogP contribution in [0.5, 0.6) is 0 Å². The number of aryl methyl sites for hydroxylation is 1. The van der Waals surface area contributed by atoms with Crippen molar-refractivity contribution in [3.8, 4) is 0 Å². The lowest BCUT2D eigenvalue weighted by Gasteiger charge is -2.20. The zero-order valence-corrected chi connectivity index (χ0v) is 8.85. The first-order valence-electron chi connectivity index (χ1n) is 4.95. The van der Waals surface area contributed by atoms with Crippen LogP contribution in [0.15, 0.2) is 18.3 Å². The summed E-state index contributed by atoms with van der Waals surface area (Å²) in [6.45, 7) is 7.67. The van der Waals surface area contributed by atoms with Crippen LogP contribution in [0.1, 0.15) is 32.9 Å². The predicted octanol–water partition coefficient (Wildman–Crippen LogP) is 2.34. The van der Waals surface area contributed by atoms with Gasteiger partial charge in [0.05, 0.1) is 0 Å². The third kappa shape index (κ3) is 4.73. The Morgan fingerprint density at radius 3 is 2.69 bits per heavy atom. The van der Waals surface area contributed by atoms with Crippen LogP contribution in [-0.4, -0.2) is 17.1 Å². The van der Waals surface area contributed by atoms with Crippen LogP contribution in [0.4, 0.5) is 0 Å². The number of hydrogen-bond donors (Lipinski definition) is 2. The normalized spacial score (nSPS) is 11.9. The van der Waals surface area contributed by atoms with E-state index in [4.69, 9.17) is 0 Å². The van der Waals surface area contributed by atoms with Crippen molar-refractivity contribution in [1.29, 1.82) is 0 Å². The van der Waals surface area contributed by atoms with Crippen molar-refractivity contribution >= 4 is 0 Å². The van der Waals surface area contributed by atoms with E-state index in [0.717, 1.165) is 13.0 Å². The minimum Gasteiger partial charge on any atom is -0.365 e. The topological polar surface area (TPSA) is 27.8 Å².